The number of esters is 1. The summed E-state index contributed by atoms with van der Waals surface area (Å²) < 4.78 is 5.79. The van der Waals surface area contributed by atoms with Crippen molar-refractivity contribution in [2.24, 2.45) is 0 Å². The van der Waals surface area contributed by atoms with E-state index >= 15 is 0 Å². The molecule has 6 heteroatoms. The molecule has 0 amide bonds. The molecule has 6 nitrogen and oxygen atoms in total. The van der Waals surface area contributed by atoms with Gasteiger partial charge in [0.15, 0.2) is 5.75 Å². The SMILES string of the molecule is CC1(C)CC(OC(=O)c2ccccc2)CC(C)(C)N1Oc1ccccc1C(=O)O. The monoisotopic (exact) mass is 397 g/mol. The first-order valence-corrected chi connectivity index (χ1v) is 9.67. The molecule has 0 radical (unpaired) electrons. The molecule has 1 aliphatic heterocycles. The van der Waals surface area contributed by atoms with Crippen molar-refractivity contribution < 1.29 is 24.3 Å². The van der Waals surface area contributed by atoms with Gasteiger partial charge >= 0.3 is 11.9 Å². The van der Waals surface area contributed by atoms with Crippen molar-refractivity contribution in [1.29, 1.82) is 0 Å². The van der Waals surface area contributed by atoms with Gasteiger partial charge in [-0.25, -0.2) is 9.59 Å². The maximum atomic E-state index is 12.5. The number of hydrogen-bond acceptors (Lipinski definition) is 5. The summed E-state index contributed by atoms with van der Waals surface area (Å²) in [4.78, 5) is 30.2. The third kappa shape index (κ3) is 4.59. The molecule has 0 unspecified atom stereocenters. The Morgan fingerprint density at radius 3 is 2.07 bits per heavy atom. The predicted molar refractivity (Wildman–Crippen MR) is 109 cm³/mol. The summed E-state index contributed by atoms with van der Waals surface area (Å²) in [5, 5.41) is 11.3. The summed E-state index contributed by atoms with van der Waals surface area (Å²) in [5.74, 6) is -1.09. The molecule has 1 aliphatic rings. The van der Waals surface area contributed by atoms with Gasteiger partial charge in [0.25, 0.3) is 0 Å². The van der Waals surface area contributed by atoms with Gasteiger partial charge in [-0.15, -0.1) is 5.06 Å². The molecule has 154 valence electrons. The van der Waals surface area contributed by atoms with E-state index in [1.54, 1.807) is 42.5 Å². The Morgan fingerprint density at radius 2 is 1.48 bits per heavy atom. The Labute approximate surface area is 171 Å². The van der Waals surface area contributed by atoms with Gasteiger partial charge in [0.05, 0.1) is 16.6 Å². The molecule has 1 heterocycles. The average Bonchev–Trinajstić information content (AvgIpc) is 2.65. The highest BCUT2D eigenvalue weighted by Crippen LogP contribution is 2.40. The summed E-state index contributed by atoms with van der Waals surface area (Å²) >= 11 is 0. The third-order valence-electron chi connectivity index (χ3n) is 5.14. The second-order valence-electron chi connectivity index (χ2n) is 8.61. The van der Waals surface area contributed by atoms with Gasteiger partial charge in [-0.3, -0.25) is 0 Å². The lowest BCUT2D eigenvalue weighted by molar-refractivity contribution is -0.234. The largest absolute Gasteiger partial charge is 0.478 e. The molecule has 2 aromatic rings. The zero-order valence-corrected chi connectivity index (χ0v) is 17.2. The molecule has 1 fully saturated rings. The van der Waals surface area contributed by atoms with E-state index in [0.29, 0.717) is 24.2 Å². The van der Waals surface area contributed by atoms with Gasteiger partial charge in [0.2, 0.25) is 0 Å². The van der Waals surface area contributed by atoms with E-state index in [2.05, 4.69) is 0 Å². The second-order valence-corrected chi connectivity index (χ2v) is 8.61. The fourth-order valence-electron chi connectivity index (χ4n) is 4.12. The third-order valence-corrected chi connectivity index (χ3v) is 5.14. The number of rotatable bonds is 5. The highest BCUT2D eigenvalue weighted by atomic mass is 16.7. The van der Waals surface area contributed by atoms with Crippen LogP contribution in [0.25, 0.3) is 0 Å². The summed E-state index contributed by atoms with van der Waals surface area (Å²) in [5.41, 5.74) is -0.349. The number of para-hydroxylation sites is 1. The van der Waals surface area contributed by atoms with E-state index in [0.717, 1.165) is 0 Å². The van der Waals surface area contributed by atoms with Gasteiger partial charge in [-0.2, -0.15) is 0 Å². The highest BCUT2D eigenvalue weighted by Gasteiger charge is 2.49. The lowest BCUT2D eigenvalue weighted by Crippen LogP contribution is -2.63. The van der Waals surface area contributed by atoms with Crippen molar-refractivity contribution in [1.82, 2.24) is 5.06 Å². The molecule has 0 aliphatic carbocycles. The second kappa shape index (κ2) is 7.87. The number of ether oxygens (including phenoxy) is 1. The van der Waals surface area contributed by atoms with Crippen LogP contribution in [-0.4, -0.2) is 39.3 Å². The molecular formula is C23H27NO5. The quantitative estimate of drug-likeness (QED) is 0.746. The first-order valence-electron chi connectivity index (χ1n) is 9.67. The standard InChI is InChI=1S/C23H27NO5/c1-22(2)14-17(28-21(27)16-10-6-5-7-11-16)15-23(3,4)24(22)29-19-13-9-8-12-18(19)20(25)26/h5-13,17H,14-15H2,1-4H3,(H,25,26). The fourth-order valence-corrected chi connectivity index (χ4v) is 4.12. The molecule has 0 bridgehead atoms. The number of piperidine rings is 1. The predicted octanol–water partition coefficient (Wildman–Crippen LogP) is 4.56. The van der Waals surface area contributed by atoms with Crippen molar-refractivity contribution in [3.8, 4) is 5.75 Å². The minimum atomic E-state index is -1.04. The minimum Gasteiger partial charge on any atom is -0.478 e. The molecule has 1 saturated heterocycles. The number of carboxylic acids is 1. The Balaban J connectivity index is 1.79. The molecule has 29 heavy (non-hydrogen) atoms. The molecule has 0 spiro atoms. The van der Waals surface area contributed by atoms with Crippen LogP contribution in [-0.2, 0) is 4.74 Å². The number of benzene rings is 2. The van der Waals surface area contributed by atoms with Gasteiger partial charge in [0, 0.05) is 12.8 Å². The maximum absolute atomic E-state index is 12.5. The van der Waals surface area contributed by atoms with Crippen LogP contribution in [0.15, 0.2) is 54.6 Å². The van der Waals surface area contributed by atoms with Crippen LogP contribution in [0.4, 0.5) is 0 Å². The molecule has 2 aromatic carbocycles. The van der Waals surface area contributed by atoms with Crippen LogP contribution < -0.4 is 4.84 Å². The zero-order chi connectivity index (χ0) is 21.2. The van der Waals surface area contributed by atoms with Crippen molar-refractivity contribution in [2.45, 2.75) is 57.7 Å². The van der Waals surface area contributed by atoms with Crippen LogP contribution >= 0.6 is 0 Å². The lowest BCUT2D eigenvalue weighted by Gasteiger charge is -2.52. The Bertz CT molecular complexity index is 873. The maximum Gasteiger partial charge on any atom is 0.339 e. The van der Waals surface area contributed by atoms with Crippen LogP contribution in [0.3, 0.4) is 0 Å². The number of carbonyl (C=O) groups is 2. The molecule has 3 rings (SSSR count). The topological polar surface area (TPSA) is 76.1 Å². The van der Waals surface area contributed by atoms with E-state index in [4.69, 9.17) is 9.57 Å². The van der Waals surface area contributed by atoms with Crippen molar-refractivity contribution in [3.05, 3.63) is 65.7 Å². The number of hydroxylamine groups is 2. The lowest BCUT2D eigenvalue weighted by atomic mass is 9.80. The van der Waals surface area contributed by atoms with E-state index in [1.165, 1.54) is 6.07 Å². The van der Waals surface area contributed by atoms with Crippen molar-refractivity contribution >= 4 is 11.9 Å². The molecule has 0 atom stereocenters. The van der Waals surface area contributed by atoms with Gasteiger partial charge in [-0.05, 0) is 52.0 Å². The molecule has 1 N–H and O–H groups in total. The number of aromatic carboxylic acids is 1. The van der Waals surface area contributed by atoms with E-state index < -0.39 is 17.0 Å². The van der Waals surface area contributed by atoms with Gasteiger partial charge in [-0.1, -0.05) is 30.3 Å². The van der Waals surface area contributed by atoms with Gasteiger partial charge in [0.1, 0.15) is 11.7 Å². The molecular weight excluding hydrogens is 370 g/mol. The summed E-state index contributed by atoms with van der Waals surface area (Å²) in [6, 6.07) is 15.5. The van der Waals surface area contributed by atoms with Crippen LogP contribution in [0.1, 0.15) is 61.3 Å². The van der Waals surface area contributed by atoms with Crippen LogP contribution in [0.2, 0.25) is 0 Å². The average molecular weight is 397 g/mol. The summed E-state index contributed by atoms with van der Waals surface area (Å²) in [6.07, 6.45) is 0.844. The van der Waals surface area contributed by atoms with E-state index in [-0.39, 0.29) is 17.6 Å². The Morgan fingerprint density at radius 1 is 0.931 bits per heavy atom. The Hall–Kier alpha value is -2.86. The zero-order valence-electron chi connectivity index (χ0n) is 17.2. The molecule has 0 saturated carbocycles. The highest BCUT2D eigenvalue weighted by molar-refractivity contribution is 5.90. The number of carboxylic acid groups (broad SMARTS) is 1. The fraction of sp³-hybridized carbons (Fsp3) is 0.391. The van der Waals surface area contributed by atoms with Crippen molar-refractivity contribution in [2.75, 3.05) is 0 Å². The normalized spacial score (nSPS) is 18.8. The minimum absolute atomic E-state index is 0.108. The number of hydrogen-bond donors (Lipinski definition) is 1. The number of carbonyl (C=O) groups excluding carboxylic acids is 1. The first-order chi connectivity index (χ1) is 13.6. The van der Waals surface area contributed by atoms with Crippen molar-refractivity contribution in [3.63, 3.8) is 0 Å². The van der Waals surface area contributed by atoms with E-state index in [1.807, 2.05) is 38.8 Å². The summed E-state index contributed by atoms with van der Waals surface area (Å²) in [6.45, 7) is 8.00. The summed E-state index contributed by atoms with van der Waals surface area (Å²) in [7, 11) is 0. The van der Waals surface area contributed by atoms with Crippen LogP contribution in [0, 0.1) is 0 Å². The van der Waals surface area contributed by atoms with Gasteiger partial charge < -0.3 is 14.7 Å². The van der Waals surface area contributed by atoms with Crippen LogP contribution in [0.5, 0.6) is 5.75 Å². The smallest absolute Gasteiger partial charge is 0.339 e. The van der Waals surface area contributed by atoms with E-state index in [9.17, 15) is 14.7 Å². The molecule has 0 aromatic heterocycles. The number of nitrogens with zero attached hydrogens (tertiary/aromatic N) is 1. The Kier molecular flexibility index (Phi) is 5.66. The first kappa shape index (κ1) is 20.9.